The second kappa shape index (κ2) is 5.46. The Labute approximate surface area is 150 Å². The largest absolute Gasteiger partial charge is 0.461 e. The number of hydrogen-bond acceptors (Lipinski definition) is 7. The van der Waals surface area contributed by atoms with Crippen molar-refractivity contribution in [3.63, 3.8) is 0 Å². The van der Waals surface area contributed by atoms with Crippen LogP contribution in [0.2, 0.25) is 0 Å². The Morgan fingerprint density at radius 2 is 2.04 bits per heavy atom. The fraction of sp³-hybridized carbons (Fsp3) is 0.0588. The van der Waals surface area contributed by atoms with Crippen LogP contribution in [0, 0.1) is 0 Å². The summed E-state index contributed by atoms with van der Waals surface area (Å²) < 4.78 is 17.3. The van der Waals surface area contributed by atoms with Gasteiger partial charge in [-0.05, 0) is 24.3 Å². The number of hydrogen-bond donors (Lipinski definition) is 2. The van der Waals surface area contributed by atoms with Gasteiger partial charge in [0.2, 0.25) is 6.79 Å². The number of rotatable bonds is 3. The van der Waals surface area contributed by atoms with Gasteiger partial charge >= 0.3 is 5.69 Å². The lowest BCUT2D eigenvalue weighted by Crippen LogP contribution is -2.15. The molecule has 0 unspecified atom stereocenters. The van der Waals surface area contributed by atoms with Crippen molar-refractivity contribution in [3.8, 4) is 28.8 Å². The highest BCUT2D eigenvalue weighted by Crippen LogP contribution is 2.34. The van der Waals surface area contributed by atoms with Crippen LogP contribution < -0.4 is 20.9 Å². The number of amides is 1. The number of nitrogens with one attached hydrogen (secondary N) is 1. The van der Waals surface area contributed by atoms with E-state index >= 15 is 0 Å². The van der Waals surface area contributed by atoms with E-state index in [1.54, 1.807) is 30.3 Å². The predicted molar refractivity (Wildman–Crippen MR) is 91.8 cm³/mol. The highest BCUT2D eigenvalue weighted by Gasteiger charge is 2.22. The van der Waals surface area contributed by atoms with Crippen LogP contribution in [-0.4, -0.2) is 32.2 Å². The summed E-state index contributed by atoms with van der Waals surface area (Å²) in [5, 5.41) is 0. The number of benzene rings is 1. The number of primary amides is 1. The van der Waals surface area contributed by atoms with Crippen LogP contribution in [0.5, 0.6) is 11.5 Å². The van der Waals surface area contributed by atoms with Crippen molar-refractivity contribution < 1.29 is 18.7 Å². The minimum Gasteiger partial charge on any atom is -0.461 e. The van der Waals surface area contributed by atoms with Gasteiger partial charge in [-0.3, -0.25) is 4.79 Å². The molecule has 4 heterocycles. The Morgan fingerprint density at radius 3 is 2.81 bits per heavy atom. The van der Waals surface area contributed by atoms with Crippen molar-refractivity contribution in [1.29, 1.82) is 0 Å². The first kappa shape index (κ1) is 15.2. The number of fused-ring (bicyclic) bond motifs is 2. The second-order valence-corrected chi connectivity index (χ2v) is 5.74. The highest BCUT2D eigenvalue weighted by molar-refractivity contribution is 6.02. The Hall–Kier alpha value is -4.08. The molecule has 0 aliphatic carbocycles. The first-order valence-electron chi connectivity index (χ1n) is 7.88. The molecular weight excluding hydrogens is 354 g/mol. The van der Waals surface area contributed by atoms with E-state index in [1.807, 2.05) is 0 Å². The molecule has 0 radical (unpaired) electrons. The first-order valence-corrected chi connectivity index (χ1v) is 7.88. The number of aromatic amines is 1. The first-order chi connectivity index (χ1) is 13.1. The number of aromatic nitrogens is 4. The van der Waals surface area contributed by atoms with Crippen molar-refractivity contribution in [2.75, 3.05) is 6.79 Å². The second-order valence-electron chi connectivity index (χ2n) is 5.74. The van der Waals surface area contributed by atoms with Gasteiger partial charge in [0.1, 0.15) is 5.52 Å². The van der Waals surface area contributed by atoms with Gasteiger partial charge in [0, 0.05) is 6.07 Å². The van der Waals surface area contributed by atoms with Crippen LogP contribution in [0.1, 0.15) is 10.5 Å². The number of H-pyrrole nitrogens is 1. The number of carbonyl (C=O) groups excluding carboxylic acids is 1. The van der Waals surface area contributed by atoms with Gasteiger partial charge in [-0.25, -0.2) is 19.3 Å². The van der Waals surface area contributed by atoms with Gasteiger partial charge in [0.15, 0.2) is 34.4 Å². The van der Waals surface area contributed by atoms with Gasteiger partial charge in [-0.2, -0.15) is 0 Å². The van der Waals surface area contributed by atoms with Crippen LogP contribution >= 0.6 is 0 Å². The van der Waals surface area contributed by atoms with E-state index < -0.39 is 11.6 Å². The van der Waals surface area contributed by atoms with Crippen molar-refractivity contribution >= 4 is 17.1 Å². The monoisotopic (exact) mass is 365 g/mol. The summed E-state index contributed by atoms with van der Waals surface area (Å²) in [7, 11) is 0. The predicted octanol–water partition coefficient (Wildman–Crippen LogP) is 1.20. The SMILES string of the molecule is NC(=O)c1nc(-c2ccco2)nc2c1[nH]c(=O)n2-c1ccc2c(c1)OCO2. The maximum Gasteiger partial charge on any atom is 0.332 e. The third kappa shape index (κ3) is 2.27. The van der Waals surface area contributed by atoms with Gasteiger partial charge in [0.25, 0.3) is 5.91 Å². The average Bonchev–Trinajstić information content (AvgIpc) is 3.39. The molecule has 0 fully saturated rings. The number of carbonyl (C=O) groups is 1. The summed E-state index contributed by atoms with van der Waals surface area (Å²) >= 11 is 0. The van der Waals surface area contributed by atoms with E-state index in [0.717, 1.165) is 0 Å². The molecule has 5 rings (SSSR count). The zero-order valence-corrected chi connectivity index (χ0v) is 13.6. The topological polar surface area (TPSA) is 138 Å². The molecule has 134 valence electrons. The van der Waals surface area contributed by atoms with Crippen LogP contribution in [0.15, 0.2) is 45.8 Å². The Balaban J connectivity index is 1.81. The Kier molecular flexibility index (Phi) is 3.07. The number of nitrogens with zero attached hydrogens (tertiary/aromatic N) is 3. The van der Waals surface area contributed by atoms with E-state index in [9.17, 15) is 9.59 Å². The summed E-state index contributed by atoms with van der Waals surface area (Å²) in [5.41, 5.74) is 5.65. The molecule has 10 nitrogen and oxygen atoms in total. The molecule has 3 aromatic heterocycles. The standard InChI is InChI=1S/C17H11N5O5/c18-14(23)12-13-16(21-15(19-12)10-2-1-5-25-10)22(17(24)20-13)8-3-4-9-11(6-8)27-7-26-9/h1-6H,7H2,(H2,18,23)(H,20,24). The lowest BCUT2D eigenvalue weighted by Gasteiger charge is -2.06. The summed E-state index contributed by atoms with van der Waals surface area (Å²) in [6.07, 6.45) is 1.45. The summed E-state index contributed by atoms with van der Waals surface area (Å²) in [6, 6.07) is 8.32. The quantitative estimate of drug-likeness (QED) is 0.556. The number of imidazole rings is 1. The molecule has 27 heavy (non-hydrogen) atoms. The molecule has 1 aromatic carbocycles. The summed E-state index contributed by atoms with van der Waals surface area (Å²) in [6.45, 7) is 0.109. The van der Waals surface area contributed by atoms with Gasteiger partial charge in [-0.1, -0.05) is 0 Å². The van der Waals surface area contributed by atoms with Gasteiger partial charge in [0.05, 0.1) is 12.0 Å². The van der Waals surface area contributed by atoms with E-state index in [-0.39, 0.29) is 29.5 Å². The van der Waals surface area contributed by atoms with Crippen LogP contribution in [-0.2, 0) is 0 Å². The lowest BCUT2D eigenvalue weighted by molar-refractivity contribution is 0.0997. The van der Waals surface area contributed by atoms with E-state index in [1.165, 1.54) is 10.8 Å². The third-order valence-corrected chi connectivity index (χ3v) is 4.13. The minimum atomic E-state index is -0.797. The Morgan fingerprint density at radius 1 is 1.19 bits per heavy atom. The molecule has 0 bridgehead atoms. The van der Waals surface area contributed by atoms with E-state index in [4.69, 9.17) is 19.6 Å². The van der Waals surface area contributed by atoms with Crippen molar-refractivity contribution in [2.45, 2.75) is 0 Å². The van der Waals surface area contributed by atoms with Crippen molar-refractivity contribution in [2.24, 2.45) is 5.73 Å². The summed E-state index contributed by atoms with van der Waals surface area (Å²) in [4.78, 5) is 35.6. The number of nitrogens with two attached hydrogens (primary N) is 1. The fourth-order valence-electron chi connectivity index (χ4n) is 2.94. The van der Waals surface area contributed by atoms with Crippen LogP contribution in [0.25, 0.3) is 28.4 Å². The molecule has 1 amide bonds. The minimum absolute atomic E-state index is 0.108. The smallest absolute Gasteiger partial charge is 0.332 e. The average molecular weight is 365 g/mol. The molecule has 0 atom stereocenters. The maximum absolute atomic E-state index is 12.6. The number of furan rings is 1. The molecule has 3 N–H and O–H groups in total. The molecule has 1 aliphatic heterocycles. The highest BCUT2D eigenvalue weighted by atomic mass is 16.7. The Bertz CT molecular complexity index is 1250. The van der Waals surface area contributed by atoms with E-state index in [0.29, 0.717) is 22.9 Å². The van der Waals surface area contributed by atoms with Crippen molar-refractivity contribution in [3.05, 3.63) is 52.8 Å². The molecule has 1 aliphatic rings. The normalized spacial score (nSPS) is 12.6. The molecule has 4 aromatic rings. The molecule has 10 heteroatoms. The molecule has 0 spiro atoms. The van der Waals surface area contributed by atoms with Gasteiger partial charge in [-0.15, -0.1) is 0 Å². The summed E-state index contributed by atoms with van der Waals surface area (Å²) in [5.74, 6) is 0.758. The van der Waals surface area contributed by atoms with Gasteiger partial charge < -0.3 is 24.6 Å². The molecule has 0 saturated heterocycles. The maximum atomic E-state index is 12.6. The lowest BCUT2D eigenvalue weighted by atomic mass is 10.2. The van der Waals surface area contributed by atoms with E-state index in [2.05, 4.69) is 15.0 Å². The van der Waals surface area contributed by atoms with Crippen molar-refractivity contribution in [1.82, 2.24) is 19.5 Å². The van der Waals surface area contributed by atoms with Crippen LogP contribution in [0.3, 0.4) is 0 Å². The number of ether oxygens (including phenoxy) is 2. The third-order valence-electron chi connectivity index (χ3n) is 4.13. The zero-order chi connectivity index (χ0) is 18.5. The molecular formula is C17H11N5O5. The van der Waals surface area contributed by atoms with Crippen LogP contribution in [0.4, 0.5) is 0 Å². The zero-order valence-electron chi connectivity index (χ0n) is 13.6. The molecule has 0 saturated carbocycles. The fourth-order valence-corrected chi connectivity index (χ4v) is 2.94.